The predicted octanol–water partition coefficient (Wildman–Crippen LogP) is 5.73. The summed E-state index contributed by atoms with van der Waals surface area (Å²) in [4.78, 5) is 39.6. The van der Waals surface area contributed by atoms with Crippen molar-refractivity contribution >= 4 is 18.4 Å². The lowest BCUT2D eigenvalue weighted by molar-refractivity contribution is -0.197. The third kappa shape index (κ3) is 4.24. The van der Waals surface area contributed by atoms with Crippen molar-refractivity contribution in [2.24, 2.45) is 34.5 Å². The molecule has 3 fully saturated rings. The molecule has 6 nitrogen and oxygen atoms in total. The largest absolute Gasteiger partial charge is 0.458 e. The first-order valence-corrected chi connectivity index (χ1v) is 13.5. The van der Waals surface area contributed by atoms with Crippen LogP contribution in [0, 0.1) is 34.5 Å². The molecular formula is C30H41O6. The topological polar surface area (TPSA) is 78.9 Å². The fourth-order valence-electron chi connectivity index (χ4n) is 7.19. The Balaban J connectivity index is 1.68. The zero-order chi connectivity index (χ0) is 26.3. The predicted molar refractivity (Wildman–Crippen MR) is 135 cm³/mol. The molecule has 2 bridgehead atoms. The number of esters is 2. The van der Waals surface area contributed by atoms with Crippen LogP contribution in [0.4, 0.5) is 0 Å². The van der Waals surface area contributed by atoms with Gasteiger partial charge in [0.2, 0.25) is 0 Å². The first kappa shape index (κ1) is 26.7. The van der Waals surface area contributed by atoms with Crippen LogP contribution in [0.5, 0.6) is 0 Å². The van der Waals surface area contributed by atoms with Crippen LogP contribution >= 0.6 is 0 Å². The van der Waals surface area contributed by atoms with Gasteiger partial charge in [0.15, 0.2) is 0 Å². The Kier molecular flexibility index (Phi) is 7.29. The third-order valence-electron chi connectivity index (χ3n) is 10.1. The Morgan fingerprint density at radius 3 is 2.22 bits per heavy atom. The molecule has 0 saturated heterocycles. The van der Waals surface area contributed by atoms with Crippen LogP contribution in [0.1, 0.15) is 85.6 Å². The van der Waals surface area contributed by atoms with Crippen molar-refractivity contribution in [3.63, 3.8) is 0 Å². The van der Waals surface area contributed by atoms with E-state index in [1.165, 1.54) is 6.47 Å². The molecule has 4 rings (SSSR count). The van der Waals surface area contributed by atoms with Crippen LogP contribution in [0.3, 0.4) is 0 Å². The molecule has 3 saturated carbocycles. The summed E-state index contributed by atoms with van der Waals surface area (Å²) in [5, 5.41) is 0. The summed E-state index contributed by atoms with van der Waals surface area (Å²) in [5.74, 6) is -0.498. The molecule has 0 spiro atoms. The maximum atomic E-state index is 14.0. The molecular weight excluding hydrogens is 456 g/mol. The highest BCUT2D eigenvalue weighted by atomic mass is 16.6. The van der Waals surface area contributed by atoms with Gasteiger partial charge in [-0.3, -0.25) is 0 Å². The van der Waals surface area contributed by atoms with Crippen LogP contribution in [0.25, 0.3) is 0 Å². The minimum atomic E-state index is -2.35. The number of hydrogen-bond donors (Lipinski definition) is 0. The molecule has 6 heteroatoms. The molecule has 1 aromatic rings. The van der Waals surface area contributed by atoms with Gasteiger partial charge in [0.1, 0.15) is 12.2 Å². The molecule has 1 radical (unpaired) electrons. The van der Waals surface area contributed by atoms with Crippen molar-refractivity contribution in [1.82, 2.24) is 0 Å². The van der Waals surface area contributed by atoms with E-state index in [1.54, 1.807) is 30.3 Å². The fraction of sp³-hybridized carbons (Fsp3) is 0.700. The summed E-state index contributed by atoms with van der Waals surface area (Å²) in [6, 6.07) is 8.35. The third-order valence-corrected chi connectivity index (χ3v) is 10.1. The van der Waals surface area contributed by atoms with Gasteiger partial charge in [0.05, 0.1) is 0 Å². The van der Waals surface area contributed by atoms with E-state index in [9.17, 15) is 14.4 Å². The summed E-state index contributed by atoms with van der Waals surface area (Å²) in [5.41, 5.74) is -2.35. The molecule has 7 atom stereocenters. The summed E-state index contributed by atoms with van der Waals surface area (Å²) in [7, 11) is 0. The first-order valence-electron chi connectivity index (χ1n) is 13.5. The molecule has 0 aromatic heterocycles. The average molecular weight is 498 g/mol. The second kappa shape index (κ2) is 9.83. The van der Waals surface area contributed by atoms with Crippen molar-refractivity contribution in [2.75, 3.05) is 0 Å². The second-order valence-electron chi connectivity index (χ2n) is 12.5. The van der Waals surface area contributed by atoms with Crippen LogP contribution in [-0.2, 0) is 34.2 Å². The highest BCUT2D eigenvalue weighted by Crippen LogP contribution is 2.66. The van der Waals surface area contributed by atoms with Gasteiger partial charge in [-0.15, -0.1) is 0 Å². The lowest BCUT2D eigenvalue weighted by Crippen LogP contribution is -2.52. The van der Waals surface area contributed by atoms with Crippen molar-refractivity contribution in [3.05, 3.63) is 35.9 Å². The normalized spacial score (nSPS) is 34.6. The van der Waals surface area contributed by atoms with Gasteiger partial charge in [-0.2, -0.15) is 0 Å². The zero-order valence-electron chi connectivity index (χ0n) is 22.5. The van der Waals surface area contributed by atoms with Crippen molar-refractivity contribution in [1.29, 1.82) is 0 Å². The van der Waals surface area contributed by atoms with Crippen LogP contribution in [-0.4, -0.2) is 30.6 Å². The molecule has 0 aliphatic heterocycles. The molecule has 0 amide bonds. The monoisotopic (exact) mass is 497 g/mol. The van der Waals surface area contributed by atoms with Gasteiger partial charge >= 0.3 is 24.0 Å². The average Bonchev–Trinajstić information content (AvgIpc) is 3.16. The number of carbonyl (C=O) groups is 2. The highest BCUT2D eigenvalue weighted by Gasteiger charge is 2.65. The van der Waals surface area contributed by atoms with Crippen molar-refractivity contribution < 1.29 is 28.6 Å². The van der Waals surface area contributed by atoms with Crippen LogP contribution < -0.4 is 0 Å². The maximum Gasteiger partial charge on any atom is 0.419 e. The standard InChI is InChI=1S/C30H41O6/c1-19(2)23-13-12-20(3)16-24(23)35-26(32)30(34-18-31,21-10-8-7-9-11-21)27(33)36-25-17-22-14-15-29(25,6)28(22,4)5/h7-11,19-20,22-25H,12-17H2,1-6H3. The van der Waals surface area contributed by atoms with E-state index >= 15 is 0 Å². The molecule has 0 N–H and O–H groups in total. The fourth-order valence-corrected chi connectivity index (χ4v) is 7.19. The molecule has 197 valence electrons. The smallest absolute Gasteiger partial charge is 0.419 e. The van der Waals surface area contributed by atoms with Crippen LogP contribution in [0.15, 0.2) is 30.3 Å². The second-order valence-corrected chi connectivity index (χ2v) is 12.5. The lowest BCUT2D eigenvalue weighted by atomic mass is 9.70. The van der Waals surface area contributed by atoms with E-state index in [4.69, 9.17) is 14.2 Å². The first-order chi connectivity index (χ1) is 17.0. The molecule has 1 aromatic carbocycles. The van der Waals surface area contributed by atoms with Crippen molar-refractivity contribution in [3.8, 4) is 0 Å². The van der Waals surface area contributed by atoms with E-state index in [2.05, 4.69) is 41.5 Å². The van der Waals surface area contributed by atoms with E-state index in [-0.39, 0.29) is 34.5 Å². The van der Waals surface area contributed by atoms with Gasteiger partial charge in [-0.1, -0.05) is 78.3 Å². The maximum absolute atomic E-state index is 14.0. The Morgan fingerprint density at radius 1 is 1.00 bits per heavy atom. The lowest BCUT2D eigenvalue weighted by Gasteiger charge is -2.40. The van der Waals surface area contributed by atoms with E-state index in [1.807, 2.05) is 0 Å². The zero-order valence-corrected chi connectivity index (χ0v) is 22.5. The molecule has 3 aliphatic carbocycles. The van der Waals surface area contributed by atoms with Gasteiger partial charge in [0, 0.05) is 11.0 Å². The molecule has 0 heterocycles. The van der Waals surface area contributed by atoms with E-state index < -0.39 is 17.5 Å². The highest BCUT2D eigenvalue weighted by molar-refractivity contribution is 6.05. The van der Waals surface area contributed by atoms with Gasteiger partial charge < -0.3 is 14.2 Å². The molecule has 7 unspecified atom stereocenters. The number of hydrogen-bond acceptors (Lipinski definition) is 6. The molecule has 3 aliphatic rings. The molecule has 36 heavy (non-hydrogen) atoms. The number of fused-ring (bicyclic) bond motifs is 2. The number of ether oxygens (including phenoxy) is 3. The summed E-state index contributed by atoms with van der Waals surface area (Å²) in [6.45, 7) is 14.4. The minimum Gasteiger partial charge on any atom is -0.458 e. The summed E-state index contributed by atoms with van der Waals surface area (Å²) < 4.78 is 17.5. The summed E-state index contributed by atoms with van der Waals surface area (Å²) in [6.07, 6.45) is 4.75. The number of carbonyl (C=O) groups excluding carboxylic acids is 3. The van der Waals surface area contributed by atoms with Gasteiger partial charge in [-0.25, -0.2) is 14.4 Å². The Labute approximate surface area is 215 Å². The number of rotatable bonds is 8. The Hall–Kier alpha value is -2.37. The number of benzene rings is 1. The SMILES string of the molecule is CC1CCC(C(C)C)C(OC(=O)C(O[C]=O)(C(=O)OC2CC3CCC2(C)C3(C)C)c2ccccc2)C1. The van der Waals surface area contributed by atoms with E-state index in [0.717, 1.165) is 32.1 Å². The minimum absolute atomic E-state index is 0.00816. The Bertz CT molecular complexity index is 971. The Morgan fingerprint density at radius 2 is 1.67 bits per heavy atom. The van der Waals surface area contributed by atoms with Crippen LogP contribution in [0.2, 0.25) is 0 Å². The van der Waals surface area contributed by atoms with Crippen molar-refractivity contribution in [2.45, 2.75) is 97.9 Å². The van der Waals surface area contributed by atoms with Gasteiger partial charge in [0.25, 0.3) is 0 Å². The van der Waals surface area contributed by atoms with Gasteiger partial charge in [-0.05, 0) is 61.2 Å². The summed E-state index contributed by atoms with van der Waals surface area (Å²) >= 11 is 0. The van der Waals surface area contributed by atoms with E-state index in [0.29, 0.717) is 24.2 Å². The quantitative estimate of drug-likeness (QED) is 0.259.